The van der Waals surface area contributed by atoms with Crippen LogP contribution in [0.15, 0.2) is 50.7 Å². The van der Waals surface area contributed by atoms with Gasteiger partial charge < -0.3 is 13.7 Å². The van der Waals surface area contributed by atoms with Crippen molar-refractivity contribution in [2.24, 2.45) is 0 Å². The minimum atomic E-state index is 0.142. The summed E-state index contributed by atoms with van der Waals surface area (Å²) in [5, 5.41) is 8.48. The maximum atomic E-state index is 11.6. The topological polar surface area (TPSA) is 85.3 Å². The van der Waals surface area contributed by atoms with E-state index in [4.69, 9.17) is 8.83 Å². The highest BCUT2D eigenvalue weighted by Crippen LogP contribution is 2.24. The summed E-state index contributed by atoms with van der Waals surface area (Å²) in [6.45, 7) is 1.14. The van der Waals surface area contributed by atoms with Crippen LogP contribution < -0.4 is 0 Å². The van der Waals surface area contributed by atoms with Crippen LogP contribution in [0.25, 0.3) is 11.5 Å². The van der Waals surface area contributed by atoms with Crippen molar-refractivity contribution in [3.05, 3.63) is 48.2 Å². The Labute approximate surface area is 148 Å². The first-order valence-electron chi connectivity index (χ1n) is 8.01. The van der Waals surface area contributed by atoms with Crippen molar-refractivity contribution in [3.63, 3.8) is 0 Å². The van der Waals surface area contributed by atoms with Gasteiger partial charge in [0.1, 0.15) is 6.26 Å². The lowest BCUT2D eigenvalue weighted by molar-refractivity contribution is -0.128. The lowest BCUT2D eigenvalue weighted by Gasteiger charge is -2.11. The second kappa shape index (κ2) is 7.10. The van der Waals surface area contributed by atoms with E-state index >= 15 is 0 Å². The Kier molecular flexibility index (Phi) is 4.51. The molecule has 1 saturated heterocycles. The van der Waals surface area contributed by atoms with Gasteiger partial charge in [0.15, 0.2) is 0 Å². The third-order valence-electron chi connectivity index (χ3n) is 3.86. The molecule has 1 aromatic carbocycles. The lowest BCUT2D eigenvalue weighted by Crippen LogP contribution is -2.23. The van der Waals surface area contributed by atoms with Gasteiger partial charge in [0.05, 0.1) is 12.2 Å². The van der Waals surface area contributed by atoms with Crippen LogP contribution in [0.5, 0.6) is 0 Å². The number of benzene rings is 1. The van der Waals surface area contributed by atoms with E-state index in [0.29, 0.717) is 35.7 Å². The summed E-state index contributed by atoms with van der Waals surface area (Å²) in [6, 6.07) is 9.74. The van der Waals surface area contributed by atoms with Crippen molar-refractivity contribution >= 4 is 17.7 Å². The number of carbonyl (C=O) groups is 1. The molecule has 1 fully saturated rings. The fraction of sp³-hybridized carbons (Fsp3) is 0.294. The normalized spacial score (nSPS) is 14.4. The Bertz CT molecular complexity index is 862. The Hall–Kier alpha value is -2.61. The number of oxazole rings is 1. The molecule has 128 valence electrons. The predicted molar refractivity (Wildman–Crippen MR) is 90.4 cm³/mol. The van der Waals surface area contributed by atoms with Gasteiger partial charge in [-0.25, -0.2) is 4.98 Å². The second-order valence-electron chi connectivity index (χ2n) is 5.68. The van der Waals surface area contributed by atoms with Crippen LogP contribution in [-0.2, 0) is 17.1 Å². The smallest absolute Gasteiger partial charge is 0.277 e. The van der Waals surface area contributed by atoms with Gasteiger partial charge in [-0.1, -0.05) is 30.0 Å². The van der Waals surface area contributed by atoms with Crippen molar-refractivity contribution < 1.29 is 13.6 Å². The molecule has 0 aliphatic carbocycles. The number of likely N-dealkylation sites (tertiary alicyclic amines) is 1. The molecule has 0 saturated carbocycles. The Morgan fingerprint density at radius 2 is 2.08 bits per heavy atom. The molecule has 1 aliphatic heterocycles. The van der Waals surface area contributed by atoms with Gasteiger partial charge in [-0.2, -0.15) is 0 Å². The molecule has 0 unspecified atom stereocenters. The highest BCUT2D eigenvalue weighted by molar-refractivity contribution is 7.98. The molecule has 8 heteroatoms. The highest BCUT2D eigenvalue weighted by atomic mass is 32.2. The summed E-state index contributed by atoms with van der Waals surface area (Å²) in [7, 11) is 0. The van der Waals surface area contributed by atoms with Crippen molar-refractivity contribution in [2.75, 3.05) is 6.54 Å². The molecule has 0 N–H and O–H groups in total. The van der Waals surface area contributed by atoms with Crippen LogP contribution in [0.3, 0.4) is 0 Å². The minimum absolute atomic E-state index is 0.142. The van der Waals surface area contributed by atoms with Crippen LogP contribution in [0.2, 0.25) is 0 Å². The number of amides is 1. The molecule has 0 bridgehead atoms. The average molecular weight is 356 g/mol. The monoisotopic (exact) mass is 356 g/mol. The zero-order valence-corrected chi connectivity index (χ0v) is 14.2. The van der Waals surface area contributed by atoms with Crippen molar-refractivity contribution in [3.8, 4) is 11.5 Å². The third-order valence-corrected chi connectivity index (χ3v) is 4.71. The minimum Gasteiger partial charge on any atom is -0.444 e. The van der Waals surface area contributed by atoms with E-state index < -0.39 is 0 Å². The van der Waals surface area contributed by atoms with Gasteiger partial charge in [0.25, 0.3) is 5.22 Å². The Balaban J connectivity index is 1.34. The number of nitrogens with zero attached hydrogens (tertiary/aromatic N) is 4. The molecule has 3 aromatic rings. The summed E-state index contributed by atoms with van der Waals surface area (Å²) in [5.74, 6) is 1.77. The van der Waals surface area contributed by atoms with Gasteiger partial charge in [-0.05, 0) is 18.6 Å². The number of rotatable bonds is 6. The van der Waals surface area contributed by atoms with E-state index in [-0.39, 0.29) is 5.91 Å². The Morgan fingerprint density at radius 1 is 1.20 bits per heavy atom. The number of hydrogen-bond acceptors (Lipinski definition) is 7. The van der Waals surface area contributed by atoms with Gasteiger partial charge >= 0.3 is 0 Å². The number of carbonyl (C=O) groups excluding carboxylic acids is 1. The van der Waals surface area contributed by atoms with E-state index in [0.717, 1.165) is 24.2 Å². The van der Waals surface area contributed by atoms with Crippen LogP contribution in [0.4, 0.5) is 0 Å². The summed E-state index contributed by atoms with van der Waals surface area (Å²) in [5.41, 5.74) is 1.74. The number of thioether (sulfide) groups is 1. The first-order valence-corrected chi connectivity index (χ1v) is 8.99. The summed E-state index contributed by atoms with van der Waals surface area (Å²) >= 11 is 1.40. The average Bonchev–Trinajstić information content (AvgIpc) is 3.37. The molecule has 7 nitrogen and oxygen atoms in total. The quantitative estimate of drug-likeness (QED) is 0.627. The van der Waals surface area contributed by atoms with Crippen molar-refractivity contribution in [2.45, 2.75) is 30.4 Å². The van der Waals surface area contributed by atoms with Crippen molar-refractivity contribution in [1.82, 2.24) is 20.1 Å². The Morgan fingerprint density at radius 3 is 2.88 bits per heavy atom. The molecule has 3 heterocycles. The maximum Gasteiger partial charge on any atom is 0.277 e. The molecule has 1 amide bonds. The van der Waals surface area contributed by atoms with Gasteiger partial charge in [0.2, 0.25) is 17.7 Å². The van der Waals surface area contributed by atoms with E-state index in [2.05, 4.69) is 15.2 Å². The number of hydrogen-bond donors (Lipinski definition) is 0. The van der Waals surface area contributed by atoms with Gasteiger partial charge in [0, 0.05) is 24.3 Å². The summed E-state index contributed by atoms with van der Waals surface area (Å²) < 4.78 is 11.1. The van der Waals surface area contributed by atoms with Crippen LogP contribution in [0, 0.1) is 0 Å². The summed E-state index contributed by atoms with van der Waals surface area (Å²) in [4.78, 5) is 17.8. The molecule has 4 rings (SSSR count). The zero-order chi connectivity index (χ0) is 17.1. The molecular formula is C17H16N4O3S. The zero-order valence-electron chi connectivity index (χ0n) is 13.4. The maximum absolute atomic E-state index is 11.6. The van der Waals surface area contributed by atoms with Gasteiger partial charge in [-0.15, -0.1) is 10.2 Å². The largest absolute Gasteiger partial charge is 0.444 e. The molecule has 0 atom stereocenters. The molecule has 0 radical (unpaired) electrons. The molecule has 0 spiro atoms. The first-order chi connectivity index (χ1) is 12.3. The fourth-order valence-electron chi connectivity index (χ4n) is 2.62. The first kappa shape index (κ1) is 15.9. The lowest BCUT2D eigenvalue weighted by atomic mass is 10.2. The SMILES string of the molecule is O=C1CCCN1Cc1nnc(SCc2coc(-c3ccccc3)n2)o1. The molecule has 25 heavy (non-hydrogen) atoms. The van der Waals surface area contributed by atoms with Crippen LogP contribution in [0.1, 0.15) is 24.4 Å². The van der Waals surface area contributed by atoms with E-state index in [9.17, 15) is 4.79 Å². The molecule has 1 aliphatic rings. The van der Waals surface area contributed by atoms with Crippen LogP contribution in [-0.4, -0.2) is 32.5 Å². The molecular weight excluding hydrogens is 340 g/mol. The standard InChI is InChI=1S/C17H16N4O3S/c22-15-7-4-8-21(15)9-14-19-20-17(24-14)25-11-13-10-23-16(18-13)12-5-2-1-3-6-12/h1-3,5-6,10H,4,7-9,11H2. The van der Waals surface area contributed by atoms with E-state index in [1.807, 2.05) is 30.3 Å². The van der Waals surface area contributed by atoms with E-state index in [1.54, 1.807) is 11.2 Å². The highest BCUT2D eigenvalue weighted by Gasteiger charge is 2.22. The second-order valence-corrected chi connectivity index (χ2v) is 6.61. The van der Waals surface area contributed by atoms with E-state index in [1.165, 1.54) is 11.8 Å². The van der Waals surface area contributed by atoms with Crippen LogP contribution >= 0.6 is 11.8 Å². The predicted octanol–water partition coefficient (Wildman–Crippen LogP) is 3.14. The molecule has 2 aromatic heterocycles. The van der Waals surface area contributed by atoms with Gasteiger partial charge in [-0.3, -0.25) is 4.79 Å². The van der Waals surface area contributed by atoms with Crippen molar-refractivity contribution in [1.29, 1.82) is 0 Å². The third kappa shape index (κ3) is 3.74. The fourth-order valence-corrected chi connectivity index (χ4v) is 3.27. The summed E-state index contributed by atoms with van der Waals surface area (Å²) in [6.07, 6.45) is 3.13. The number of aromatic nitrogens is 3.